The van der Waals surface area contributed by atoms with Crippen molar-refractivity contribution in [2.24, 2.45) is 0 Å². The third-order valence-corrected chi connectivity index (χ3v) is 2.95. The van der Waals surface area contributed by atoms with E-state index in [4.69, 9.17) is 14.0 Å². The molecule has 2 aromatic rings. The quantitative estimate of drug-likeness (QED) is 0.802. The number of nitrogens with zero attached hydrogens (tertiary/aromatic N) is 1. The van der Waals surface area contributed by atoms with E-state index in [-0.39, 0.29) is 0 Å². The molecule has 0 bridgehead atoms. The summed E-state index contributed by atoms with van der Waals surface area (Å²) in [7, 11) is 1.58. The van der Waals surface area contributed by atoms with Crippen LogP contribution in [0, 0.1) is 13.8 Å². The highest BCUT2D eigenvalue weighted by atomic mass is 16.5. The summed E-state index contributed by atoms with van der Waals surface area (Å²) in [6.07, 6.45) is 0. The summed E-state index contributed by atoms with van der Waals surface area (Å²) in [6.45, 7) is 5.71. The lowest BCUT2D eigenvalue weighted by Gasteiger charge is -2.08. The van der Waals surface area contributed by atoms with Crippen LogP contribution in [0.3, 0.4) is 0 Å². The van der Waals surface area contributed by atoms with E-state index >= 15 is 0 Å². The Balaban J connectivity index is 2.56. The van der Waals surface area contributed by atoms with Crippen molar-refractivity contribution in [2.45, 2.75) is 20.8 Å². The molecule has 0 aliphatic rings. The minimum Gasteiger partial charge on any atom is -0.496 e. The van der Waals surface area contributed by atoms with Crippen LogP contribution in [0.25, 0.3) is 11.3 Å². The standard InChI is InChI=1S/C15H17NO4/c1-5-19-15(17)13-10(3)20-16-14(13)11-7-6-9(2)8-12(11)18-4/h6-8H,5H2,1-4H3. The number of aryl methyl sites for hydroxylation is 2. The lowest BCUT2D eigenvalue weighted by Crippen LogP contribution is -2.07. The maximum absolute atomic E-state index is 12.0. The summed E-state index contributed by atoms with van der Waals surface area (Å²) in [5.41, 5.74) is 2.55. The fraction of sp³-hybridized carbons (Fsp3) is 0.333. The zero-order valence-corrected chi connectivity index (χ0v) is 12.0. The molecule has 0 atom stereocenters. The molecule has 0 spiro atoms. The van der Waals surface area contributed by atoms with Crippen molar-refractivity contribution in [2.75, 3.05) is 13.7 Å². The van der Waals surface area contributed by atoms with Gasteiger partial charge in [0.25, 0.3) is 0 Å². The Hall–Kier alpha value is -2.30. The van der Waals surface area contributed by atoms with Gasteiger partial charge in [-0.3, -0.25) is 0 Å². The van der Waals surface area contributed by atoms with Gasteiger partial charge in [-0.15, -0.1) is 0 Å². The highest BCUT2D eigenvalue weighted by Gasteiger charge is 2.24. The number of hydrogen-bond donors (Lipinski definition) is 0. The topological polar surface area (TPSA) is 61.6 Å². The van der Waals surface area contributed by atoms with E-state index in [1.807, 2.05) is 25.1 Å². The molecular weight excluding hydrogens is 258 g/mol. The molecule has 1 heterocycles. The lowest BCUT2D eigenvalue weighted by atomic mass is 10.0. The van der Waals surface area contributed by atoms with E-state index in [0.29, 0.717) is 34.9 Å². The van der Waals surface area contributed by atoms with Gasteiger partial charge < -0.3 is 14.0 Å². The first kappa shape index (κ1) is 14.1. The molecule has 0 unspecified atom stereocenters. The van der Waals surface area contributed by atoms with Crippen LogP contribution in [0.4, 0.5) is 0 Å². The number of rotatable bonds is 4. The number of benzene rings is 1. The zero-order valence-electron chi connectivity index (χ0n) is 12.0. The summed E-state index contributed by atoms with van der Waals surface area (Å²) < 4.78 is 15.5. The number of aromatic nitrogens is 1. The second-order valence-electron chi connectivity index (χ2n) is 4.39. The molecule has 0 radical (unpaired) electrons. The molecule has 0 aliphatic carbocycles. The third-order valence-electron chi connectivity index (χ3n) is 2.95. The minimum atomic E-state index is -0.441. The van der Waals surface area contributed by atoms with Gasteiger partial charge in [0.05, 0.1) is 13.7 Å². The summed E-state index contributed by atoms with van der Waals surface area (Å²) in [5.74, 6) is 0.633. The fourth-order valence-electron chi connectivity index (χ4n) is 1.99. The molecule has 0 aliphatic heterocycles. The second-order valence-corrected chi connectivity index (χ2v) is 4.39. The largest absolute Gasteiger partial charge is 0.496 e. The van der Waals surface area contributed by atoms with E-state index in [0.717, 1.165) is 5.56 Å². The minimum absolute atomic E-state index is 0.300. The van der Waals surface area contributed by atoms with Crippen LogP contribution in [0.2, 0.25) is 0 Å². The molecule has 20 heavy (non-hydrogen) atoms. The van der Waals surface area contributed by atoms with Crippen LogP contribution < -0.4 is 4.74 Å². The molecule has 2 rings (SSSR count). The number of methoxy groups -OCH3 is 1. The molecule has 0 saturated heterocycles. The van der Waals surface area contributed by atoms with E-state index in [2.05, 4.69) is 5.16 Å². The summed E-state index contributed by atoms with van der Waals surface area (Å²) in [5, 5.41) is 3.97. The predicted molar refractivity (Wildman–Crippen MR) is 73.9 cm³/mol. The van der Waals surface area contributed by atoms with Gasteiger partial charge in [-0.1, -0.05) is 11.2 Å². The van der Waals surface area contributed by atoms with Crippen LogP contribution in [-0.2, 0) is 4.74 Å². The number of esters is 1. The average molecular weight is 275 g/mol. The first-order valence-corrected chi connectivity index (χ1v) is 6.36. The molecule has 0 saturated carbocycles. The Bertz CT molecular complexity index is 631. The van der Waals surface area contributed by atoms with Crippen molar-refractivity contribution in [1.82, 2.24) is 5.16 Å². The van der Waals surface area contributed by atoms with Crippen molar-refractivity contribution >= 4 is 5.97 Å². The van der Waals surface area contributed by atoms with E-state index < -0.39 is 5.97 Å². The fourth-order valence-corrected chi connectivity index (χ4v) is 1.99. The molecule has 5 heteroatoms. The normalized spacial score (nSPS) is 10.4. The maximum atomic E-state index is 12.0. The van der Waals surface area contributed by atoms with Crippen molar-refractivity contribution in [1.29, 1.82) is 0 Å². The van der Waals surface area contributed by atoms with Crippen LogP contribution in [0.1, 0.15) is 28.6 Å². The van der Waals surface area contributed by atoms with E-state index in [1.54, 1.807) is 21.0 Å². The van der Waals surface area contributed by atoms with Gasteiger partial charge in [0, 0.05) is 5.56 Å². The highest BCUT2D eigenvalue weighted by molar-refractivity contribution is 5.97. The van der Waals surface area contributed by atoms with Gasteiger partial charge >= 0.3 is 5.97 Å². The van der Waals surface area contributed by atoms with Crippen molar-refractivity contribution < 1.29 is 18.8 Å². The third kappa shape index (κ3) is 2.52. The van der Waals surface area contributed by atoms with Crippen LogP contribution >= 0.6 is 0 Å². The molecule has 106 valence electrons. The number of carbonyl (C=O) groups excluding carboxylic acids is 1. The Labute approximate surface area is 117 Å². The molecule has 0 fully saturated rings. The van der Waals surface area contributed by atoms with Crippen molar-refractivity contribution in [3.8, 4) is 17.0 Å². The Morgan fingerprint density at radius 2 is 2.10 bits per heavy atom. The van der Waals surface area contributed by atoms with Crippen LogP contribution in [0.5, 0.6) is 5.75 Å². The summed E-state index contributed by atoms with van der Waals surface area (Å²) in [4.78, 5) is 12.0. The van der Waals surface area contributed by atoms with Gasteiger partial charge in [-0.05, 0) is 38.5 Å². The van der Waals surface area contributed by atoms with Crippen molar-refractivity contribution in [3.63, 3.8) is 0 Å². The van der Waals surface area contributed by atoms with Crippen LogP contribution in [-0.4, -0.2) is 24.8 Å². The SMILES string of the molecule is CCOC(=O)c1c(-c2ccc(C)cc2OC)noc1C. The molecule has 5 nitrogen and oxygen atoms in total. The summed E-state index contributed by atoms with van der Waals surface area (Å²) in [6, 6.07) is 5.67. The Kier molecular flexibility index (Phi) is 4.08. The summed E-state index contributed by atoms with van der Waals surface area (Å²) >= 11 is 0. The monoisotopic (exact) mass is 275 g/mol. The molecule has 1 aromatic carbocycles. The predicted octanol–water partition coefficient (Wildman–Crippen LogP) is 3.14. The van der Waals surface area contributed by atoms with Crippen molar-refractivity contribution in [3.05, 3.63) is 35.1 Å². The number of ether oxygens (including phenoxy) is 2. The van der Waals surface area contributed by atoms with Gasteiger partial charge in [0.15, 0.2) is 0 Å². The molecule has 0 amide bonds. The lowest BCUT2D eigenvalue weighted by molar-refractivity contribution is 0.0525. The molecule has 1 aromatic heterocycles. The number of carbonyl (C=O) groups is 1. The van der Waals surface area contributed by atoms with Gasteiger partial charge in [-0.25, -0.2) is 4.79 Å². The number of hydrogen-bond acceptors (Lipinski definition) is 5. The second kappa shape index (κ2) is 5.77. The zero-order chi connectivity index (χ0) is 14.7. The maximum Gasteiger partial charge on any atom is 0.344 e. The van der Waals surface area contributed by atoms with Crippen LogP contribution in [0.15, 0.2) is 22.7 Å². The smallest absolute Gasteiger partial charge is 0.344 e. The Morgan fingerprint density at radius 1 is 1.35 bits per heavy atom. The molecular formula is C15H17NO4. The van der Waals surface area contributed by atoms with Gasteiger partial charge in [-0.2, -0.15) is 0 Å². The van der Waals surface area contributed by atoms with Gasteiger partial charge in [0.1, 0.15) is 22.8 Å². The van der Waals surface area contributed by atoms with E-state index in [9.17, 15) is 4.79 Å². The first-order valence-electron chi connectivity index (χ1n) is 6.36. The molecule has 0 N–H and O–H groups in total. The average Bonchev–Trinajstić information content (AvgIpc) is 2.80. The van der Waals surface area contributed by atoms with E-state index in [1.165, 1.54) is 0 Å². The first-order chi connectivity index (χ1) is 9.58. The highest BCUT2D eigenvalue weighted by Crippen LogP contribution is 2.33. The Morgan fingerprint density at radius 3 is 2.75 bits per heavy atom. The van der Waals surface area contributed by atoms with Gasteiger partial charge in [0.2, 0.25) is 0 Å².